The van der Waals surface area contributed by atoms with Crippen molar-refractivity contribution in [3.05, 3.63) is 0 Å². The average molecular weight is 317 g/mol. The van der Waals surface area contributed by atoms with E-state index in [9.17, 15) is 14.2 Å². The predicted molar refractivity (Wildman–Crippen MR) is 67.9 cm³/mol. The van der Waals surface area contributed by atoms with Crippen LogP contribution in [0.4, 0.5) is 4.79 Å². The van der Waals surface area contributed by atoms with Crippen molar-refractivity contribution >= 4 is 19.5 Å². The second kappa shape index (κ2) is 10.6. The number of nitrogens with two attached hydrogens (primary N) is 1. The van der Waals surface area contributed by atoms with E-state index in [1.165, 1.54) is 6.66 Å². The molecule has 0 aromatic heterocycles. The van der Waals surface area contributed by atoms with Gasteiger partial charge in [-0.25, -0.2) is 4.79 Å². The highest BCUT2D eigenvalue weighted by molar-refractivity contribution is 7.57. The molecule has 20 heavy (non-hydrogen) atoms. The zero-order chi connectivity index (χ0) is 16.3. The molecule has 0 spiro atoms. The SMILES string of the molecule is CP(=O)(O)CCC(N)C(=O)O.O=C(O)OC(CO)CO. The molecule has 0 aliphatic rings. The molecule has 0 rings (SSSR count). The summed E-state index contributed by atoms with van der Waals surface area (Å²) in [7, 11) is -3.10. The van der Waals surface area contributed by atoms with Gasteiger partial charge in [-0.05, 0) is 6.42 Å². The Balaban J connectivity index is 0. The summed E-state index contributed by atoms with van der Waals surface area (Å²) in [4.78, 5) is 28.6. The van der Waals surface area contributed by atoms with E-state index in [4.69, 9.17) is 31.1 Å². The van der Waals surface area contributed by atoms with Crippen LogP contribution in [0.25, 0.3) is 0 Å². The van der Waals surface area contributed by atoms with Crippen molar-refractivity contribution in [3.63, 3.8) is 0 Å². The first-order chi connectivity index (χ1) is 9.03. The molecular weight excluding hydrogens is 297 g/mol. The van der Waals surface area contributed by atoms with Crippen molar-refractivity contribution in [1.29, 1.82) is 0 Å². The van der Waals surface area contributed by atoms with Crippen LogP contribution in [0.1, 0.15) is 6.42 Å². The number of ether oxygens (including phenoxy) is 1. The number of hydrogen-bond acceptors (Lipinski definition) is 7. The summed E-state index contributed by atoms with van der Waals surface area (Å²) >= 11 is 0. The number of aliphatic hydroxyl groups is 2. The smallest absolute Gasteiger partial charge is 0.480 e. The molecule has 0 saturated carbocycles. The van der Waals surface area contributed by atoms with Crippen molar-refractivity contribution in [2.75, 3.05) is 26.0 Å². The number of carbonyl (C=O) groups is 2. The van der Waals surface area contributed by atoms with E-state index in [-0.39, 0.29) is 12.6 Å². The summed E-state index contributed by atoms with van der Waals surface area (Å²) in [5.41, 5.74) is 5.09. The fourth-order valence-corrected chi connectivity index (χ4v) is 1.53. The van der Waals surface area contributed by atoms with E-state index < -0.39 is 44.9 Å². The quantitative estimate of drug-likeness (QED) is 0.244. The lowest BCUT2D eigenvalue weighted by Gasteiger charge is -2.07. The minimum absolute atomic E-state index is 0.0412. The molecule has 120 valence electrons. The standard InChI is InChI=1S/C5H12NO4P.C4H8O5/c1-11(9,10)3-2-4(6)5(7)8;5-1-3(2-6)9-4(7)8/h4H,2-3,6H2,1H3,(H,7,8)(H,9,10);3,5-6H,1-2H2,(H,7,8). The highest BCUT2D eigenvalue weighted by atomic mass is 31.2. The zero-order valence-electron chi connectivity index (χ0n) is 10.9. The Morgan fingerprint density at radius 3 is 1.90 bits per heavy atom. The lowest BCUT2D eigenvalue weighted by Crippen LogP contribution is -2.30. The molecule has 0 saturated heterocycles. The molecule has 0 bridgehead atoms. The molecule has 0 aromatic rings. The Morgan fingerprint density at radius 1 is 1.25 bits per heavy atom. The van der Waals surface area contributed by atoms with Gasteiger partial charge in [-0.15, -0.1) is 0 Å². The van der Waals surface area contributed by atoms with Crippen LogP contribution in [0.15, 0.2) is 0 Å². The first-order valence-corrected chi connectivity index (χ1v) is 7.71. The summed E-state index contributed by atoms with van der Waals surface area (Å²) in [5, 5.41) is 32.6. The molecule has 10 nitrogen and oxygen atoms in total. The maximum Gasteiger partial charge on any atom is 0.506 e. The van der Waals surface area contributed by atoms with Gasteiger partial charge in [0.15, 0.2) is 13.5 Å². The number of carboxylic acids is 1. The highest BCUT2D eigenvalue weighted by Gasteiger charge is 2.16. The first-order valence-electron chi connectivity index (χ1n) is 5.42. The Morgan fingerprint density at radius 2 is 1.70 bits per heavy atom. The number of aliphatic carboxylic acids is 1. The molecule has 0 aromatic carbocycles. The molecule has 11 heteroatoms. The minimum atomic E-state index is -3.10. The van der Waals surface area contributed by atoms with Crippen LogP contribution in [0.5, 0.6) is 0 Å². The molecule has 2 atom stereocenters. The van der Waals surface area contributed by atoms with Crippen molar-refractivity contribution in [2.45, 2.75) is 18.6 Å². The van der Waals surface area contributed by atoms with E-state index >= 15 is 0 Å². The van der Waals surface area contributed by atoms with Crippen molar-refractivity contribution < 1.29 is 44.2 Å². The summed E-state index contributed by atoms with van der Waals surface area (Å²) < 4.78 is 14.6. The molecule has 0 heterocycles. The fraction of sp³-hybridized carbons (Fsp3) is 0.778. The Bertz CT molecular complexity index is 338. The average Bonchev–Trinajstić information content (AvgIpc) is 2.32. The highest BCUT2D eigenvalue weighted by Crippen LogP contribution is 2.35. The zero-order valence-corrected chi connectivity index (χ0v) is 11.8. The number of rotatable bonds is 7. The first kappa shape index (κ1) is 21.1. The Hall–Kier alpha value is -1.19. The number of carboxylic acid groups (broad SMARTS) is 2. The summed E-state index contributed by atoms with van der Waals surface area (Å²) in [6, 6.07) is -1.03. The van der Waals surface area contributed by atoms with Crippen LogP contribution < -0.4 is 5.73 Å². The van der Waals surface area contributed by atoms with Gasteiger partial charge in [0.05, 0.1) is 13.2 Å². The molecule has 0 aliphatic heterocycles. The lowest BCUT2D eigenvalue weighted by molar-refractivity contribution is -0.138. The molecule has 7 N–H and O–H groups in total. The molecule has 0 aliphatic carbocycles. The molecular formula is C9H20NO9P. The number of hydrogen-bond donors (Lipinski definition) is 6. The van der Waals surface area contributed by atoms with Gasteiger partial charge in [-0.1, -0.05) is 0 Å². The van der Waals surface area contributed by atoms with Gasteiger partial charge in [-0.2, -0.15) is 0 Å². The van der Waals surface area contributed by atoms with Gasteiger partial charge in [0, 0.05) is 12.8 Å². The van der Waals surface area contributed by atoms with Crippen LogP contribution in [0.2, 0.25) is 0 Å². The van der Waals surface area contributed by atoms with Gasteiger partial charge < -0.3 is 35.8 Å². The summed E-state index contributed by atoms with van der Waals surface area (Å²) in [6.45, 7) is 0.188. The van der Waals surface area contributed by atoms with Crippen LogP contribution in [-0.2, 0) is 14.1 Å². The van der Waals surface area contributed by atoms with E-state index in [1.54, 1.807) is 0 Å². The third-order valence-electron chi connectivity index (χ3n) is 1.85. The van der Waals surface area contributed by atoms with Crippen LogP contribution >= 0.6 is 7.37 Å². The third kappa shape index (κ3) is 14.9. The lowest BCUT2D eigenvalue weighted by atomic mass is 10.2. The van der Waals surface area contributed by atoms with Crippen LogP contribution in [-0.4, -0.2) is 75.6 Å². The number of aliphatic hydroxyl groups excluding tert-OH is 2. The van der Waals surface area contributed by atoms with Crippen LogP contribution in [0, 0.1) is 0 Å². The third-order valence-corrected chi connectivity index (χ3v) is 2.93. The van der Waals surface area contributed by atoms with Crippen molar-refractivity contribution in [1.82, 2.24) is 0 Å². The maximum absolute atomic E-state index is 10.6. The van der Waals surface area contributed by atoms with Gasteiger partial charge in [-0.3, -0.25) is 9.36 Å². The maximum atomic E-state index is 10.6. The van der Waals surface area contributed by atoms with Crippen LogP contribution in [0.3, 0.4) is 0 Å². The second-order valence-electron chi connectivity index (χ2n) is 3.88. The predicted octanol–water partition coefficient (Wildman–Crippen LogP) is -1.28. The normalized spacial score (nSPS) is 14.7. The van der Waals surface area contributed by atoms with E-state index in [2.05, 4.69) is 4.74 Å². The van der Waals surface area contributed by atoms with Crippen molar-refractivity contribution in [2.24, 2.45) is 5.73 Å². The van der Waals surface area contributed by atoms with E-state index in [1.807, 2.05) is 0 Å². The molecule has 0 amide bonds. The monoisotopic (exact) mass is 317 g/mol. The summed E-state index contributed by atoms with van der Waals surface area (Å²) in [6.07, 6.45) is -2.51. The van der Waals surface area contributed by atoms with Gasteiger partial charge in [0.2, 0.25) is 0 Å². The summed E-state index contributed by atoms with van der Waals surface area (Å²) in [5.74, 6) is -1.14. The topological polar surface area (TPSA) is 188 Å². The Kier molecular flexibility index (Phi) is 11.2. The molecule has 2 unspecified atom stereocenters. The second-order valence-corrected chi connectivity index (χ2v) is 6.43. The fourth-order valence-electron chi connectivity index (χ4n) is 0.777. The van der Waals surface area contributed by atoms with E-state index in [0.29, 0.717) is 0 Å². The van der Waals surface area contributed by atoms with Crippen molar-refractivity contribution in [3.8, 4) is 0 Å². The van der Waals surface area contributed by atoms with E-state index in [0.717, 1.165) is 0 Å². The molecule has 0 radical (unpaired) electrons. The van der Waals surface area contributed by atoms with Gasteiger partial charge in [0.1, 0.15) is 6.04 Å². The largest absolute Gasteiger partial charge is 0.506 e. The van der Waals surface area contributed by atoms with Gasteiger partial charge >= 0.3 is 12.1 Å². The minimum Gasteiger partial charge on any atom is -0.480 e. The molecule has 0 fully saturated rings. The van der Waals surface area contributed by atoms with Gasteiger partial charge in [0.25, 0.3) is 0 Å². The Labute approximate surface area is 115 Å².